The number of nitrogens with two attached hydrogens (primary N) is 1. The van der Waals surface area contributed by atoms with E-state index in [1.807, 2.05) is 19.1 Å². The molecule has 6 nitrogen and oxygen atoms in total. The monoisotopic (exact) mass is 264 g/mol. The predicted octanol–water partition coefficient (Wildman–Crippen LogP) is 1.93. The second kappa shape index (κ2) is 5.09. The van der Waals surface area contributed by atoms with Crippen LogP contribution in [0.25, 0.3) is 0 Å². The van der Waals surface area contributed by atoms with Gasteiger partial charge in [-0.25, -0.2) is 0 Å². The van der Waals surface area contributed by atoms with Crippen molar-refractivity contribution in [2.45, 2.75) is 24.0 Å². The molecule has 1 heterocycles. The normalized spacial score (nSPS) is 11.8. The van der Waals surface area contributed by atoms with Crippen LogP contribution in [0, 0.1) is 13.8 Å². The van der Waals surface area contributed by atoms with E-state index in [-0.39, 0.29) is 5.84 Å². The summed E-state index contributed by atoms with van der Waals surface area (Å²) in [5, 5.41) is 19.8. The lowest BCUT2D eigenvalue weighted by molar-refractivity contribution is 0.318. The number of nitrogens with zero attached hydrogens (tertiary/aromatic N) is 3. The smallest absolute Gasteiger partial charge is 0.281 e. The molecule has 0 aliphatic carbocycles. The van der Waals surface area contributed by atoms with Crippen molar-refractivity contribution in [3.8, 4) is 0 Å². The molecule has 3 N–H and O–H groups in total. The van der Waals surface area contributed by atoms with Crippen molar-refractivity contribution in [2.75, 3.05) is 0 Å². The standard InChI is InChI=1S/C11H12N4O2S/c1-6-3-4-8(10(12)15-16)9(5-6)18-11-14-13-7(2)17-11/h3-5,16H,1-2H3,(H2,12,15). The van der Waals surface area contributed by atoms with Crippen molar-refractivity contribution in [1.82, 2.24) is 10.2 Å². The average molecular weight is 264 g/mol. The van der Waals surface area contributed by atoms with Crippen molar-refractivity contribution < 1.29 is 9.62 Å². The summed E-state index contributed by atoms with van der Waals surface area (Å²) in [5.74, 6) is 0.546. The van der Waals surface area contributed by atoms with Crippen LogP contribution in [0.5, 0.6) is 0 Å². The van der Waals surface area contributed by atoms with E-state index in [2.05, 4.69) is 15.4 Å². The molecule has 0 aliphatic heterocycles. The van der Waals surface area contributed by atoms with Gasteiger partial charge >= 0.3 is 0 Å². The van der Waals surface area contributed by atoms with Crippen LogP contribution < -0.4 is 5.73 Å². The molecular weight excluding hydrogens is 252 g/mol. The Morgan fingerprint density at radius 2 is 2.17 bits per heavy atom. The van der Waals surface area contributed by atoms with Gasteiger partial charge in [0.25, 0.3) is 5.22 Å². The van der Waals surface area contributed by atoms with Gasteiger partial charge in [0.05, 0.1) is 0 Å². The van der Waals surface area contributed by atoms with Crippen molar-refractivity contribution in [3.63, 3.8) is 0 Å². The van der Waals surface area contributed by atoms with Crippen LogP contribution in [-0.2, 0) is 0 Å². The highest BCUT2D eigenvalue weighted by molar-refractivity contribution is 7.99. The summed E-state index contributed by atoms with van der Waals surface area (Å²) < 4.78 is 5.29. The van der Waals surface area contributed by atoms with Crippen molar-refractivity contribution in [3.05, 3.63) is 35.2 Å². The Balaban J connectivity index is 2.39. The molecule has 0 fully saturated rings. The van der Waals surface area contributed by atoms with Gasteiger partial charge in [0.15, 0.2) is 5.84 Å². The molecular formula is C11H12N4O2S. The SMILES string of the molecule is Cc1ccc(/C(N)=N/O)c(Sc2nnc(C)o2)c1. The number of amidine groups is 1. The molecule has 0 saturated carbocycles. The molecule has 2 rings (SSSR count). The second-order valence-electron chi connectivity index (χ2n) is 3.67. The summed E-state index contributed by atoms with van der Waals surface area (Å²) in [5.41, 5.74) is 7.31. The van der Waals surface area contributed by atoms with Gasteiger partial charge in [-0.05, 0) is 36.4 Å². The van der Waals surface area contributed by atoms with E-state index in [0.29, 0.717) is 16.7 Å². The first-order valence-electron chi connectivity index (χ1n) is 5.16. The van der Waals surface area contributed by atoms with Gasteiger partial charge in [-0.3, -0.25) is 0 Å². The van der Waals surface area contributed by atoms with Gasteiger partial charge in [-0.15, -0.1) is 10.2 Å². The minimum Gasteiger partial charge on any atom is -0.416 e. The summed E-state index contributed by atoms with van der Waals surface area (Å²) in [6.45, 7) is 3.68. The molecule has 0 unspecified atom stereocenters. The molecule has 18 heavy (non-hydrogen) atoms. The average Bonchev–Trinajstić information content (AvgIpc) is 2.74. The molecule has 1 aromatic heterocycles. The minimum absolute atomic E-state index is 0.0498. The number of hydrogen-bond donors (Lipinski definition) is 2. The molecule has 7 heteroatoms. The van der Waals surface area contributed by atoms with Gasteiger partial charge in [-0.2, -0.15) is 0 Å². The summed E-state index contributed by atoms with van der Waals surface area (Å²) in [4.78, 5) is 0.800. The van der Waals surface area contributed by atoms with E-state index >= 15 is 0 Å². The fraction of sp³-hybridized carbons (Fsp3) is 0.182. The fourth-order valence-corrected chi connectivity index (χ4v) is 2.35. The molecule has 0 spiro atoms. The molecule has 0 saturated heterocycles. The maximum atomic E-state index is 8.75. The van der Waals surface area contributed by atoms with E-state index < -0.39 is 0 Å². The zero-order chi connectivity index (χ0) is 13.1. The molecule has 0 aliphatic rings. The van der Waals surface area contributed by atoms with Crippen LogP contribution in [-0.4, -0.2) is 21.2 Å². The van der Waals surface area contributed by atoms with E-state index in [4.69, 9.17) is 15.4 Å². The minimum atomic E-state index is 0.0498. The summed E-state index contributed by atoms with van der Waals surface area (Å²) >= 11 is 1.28. The Morgan fingerprint density at radius 1 is 1.39 bits per heavy atom. The number of rotatable bonds is 3. The van der Waals surface area contributed by atoms with Gasteiger partial charge < -0.3 is 15.4 Å². The Bertz CT molecular complexity index is 594. The van der Waals surface area contributed by atoms with Crippen molar-refractivity contribution in [1.29, 1.82) is 0 Å². The lowest BCUT2D eigenvalue weighted by atomic mass is 10.1. The molecule has 1 aromatic carbocycles. The number of aryl methyl sites for hydroxylation is 2. The summed E-state index contributed by atoms with van der Waals surface area (Å²) in [6.07, 6.45) is 0. The molecule has 2 aromatic rings. The third-order valence-electron chi connectivity index (χ3n) is 2.23. The first kappa shape index (κ1) is 12.4. The summed E-state index contributed by atoms with van der Waals surface area (Å²) in [7, 11) is 0. The topological polar surface area (TPSA) is 97.5 Å². The van der Waals surface area contributed by atoms with Crippen molar-refractivity contribution in [2.24, 2.45) is 10.9 Å². The van der Waals surface area contributed by atoms with Gasteiger partial charge in [0.1, 0.15) is 0 Å². The van der Waals surface area contributed by atoms with E-state index in [0.717, 1.165) is 10.5 Å². The number of hydrogen-bond acceptors (Lipinski definition) is 6. The maximum absolute atomic E-state index is 8.75. The number of oxime groups is 1. The Kier molecular flexibility index (Phi) is 3.52. The van der Waals surface area contributed by atoms with Crippen LogP contribution in [0.4, 0.5) is 0 Å². The molecule has 94 valence electrons. The lowest BCUT2D eigenvalue weighted by Crippen LogP contribution is -2.14. The van der Waals surface area contributed by atoms with Gasteiger partial charge in [0, 0.05) is 17.4 Å². The van der Waals surface area contributed by atoms with E-state index in [1.54, 1.807) is 13.0 Å². The Hall–Kier alpha value is -2.02. The predicted molar refractivity (Wildman–Crippen MR) is 66.8 cm³/mol. The van der Waals surface area contributed by atoms with Crippen LogP contribution in [0.3, 0.4) is 0 Å². The highest BCUT2D eigenvalue weighted by atomic mass is 32.2. The van der Waals surface area contributed by atoms with E-state index in [9.17, 15) is 0 Å². The molecule has 0 atom stereocenters. The molecule has 0 amide bonds. The van der Waals surface area contributed by atoms with Crippen molar-refractivity contribution >= 4 is 17.6 Å². The van der Waals surface area contributed by atoms with Crippen LogP contribution in [0.15, 0.2) is 37.9 Å². The molecule has 0 radical (unpaired) electrons. The number of benzene rings is 1. The van der Waals surface area contributed by atoms with Crippen LogP contribution in [0.1, 0.15) is 17.0 Å². The third-order valence-corrected chi connectivity index (χ3v) is 3.12. The fourth-order valence-electron chi connectivity index (χ4n) is 1.39. The lowest BCUT2D eigenvalue weighted by Gasteiger charge is -2.06. The third kappa shape index (κ3) is 2.62. The highest BCUT2D eigenvalue weighted by Gasteiger charge is 2.12. The maximum Gasteiger partial charge on any atom is 0.281 e. The zero-order valence-electron chi connectivity index (χ0n) is 9.91. The number of aromatic nitrogens is 2. The summed E-state index contributed by atoms with van der Waals surface area (Å²) in [6, 6.07) is 5.59. The van der Waals surface area contributed by atoms with Crippen LogP contribution in [0.2, 0.25) is 0 Å². The van der Waals surface area contributed by atoms with Crippen LogP contribution >= 0.6 is 11.8 Å². The van der Waals surface area contributed by atoms with Gasteiger partial charge in [-0.1, -0.05) is 11.2 Å². The highest BCUT2D eigenvalue weighted by Crippen LogP contribution is 2.30. The Labute approximate surface area is 108 Å². The zero-order valence-corrected chi connectivity index (χ0v) is 10.7. The quantitative estimate of drug-likeness (QED) is 0.380. The Morgan fingerprint density at radius 3 is 2.78 bits per heavy atom. The first-order valence-corrected chi connectivity index (χ1v) is 5.98. The molecule has 0 bridgehead atoms. The second-order valence-corrected chi connectivity index (χ2v) is 4.67. The van der Waals surface area contributed by atoms with Gasteiger partial charge in [0.2, 0.25) is 5.89 Å². The first-order chi connectivity index (χ1) is 8.60. The van der Waals surface area contributed by atoms with E-state index in [1.165, 1.54) is 11.8 Å². The largest absolute Gasteiger partial charge is 0.416 e.